The summed E-state index contributed by atoms with van der Waals surface area (Å²) >= 11 is 0. The molecule has 1 heterocycles. The van der Waals surface area contributed by atoms with Crippen molar-refractivity contribution in [1.82, 2.24) is 0 Å². The molecule has 1 saturated carbocycles. The maximum absolute atomic E-state index is 12.3. The first-order valence-corrected chi connectivity index (χ1v) is 6.93. The Labute approximate surface area is 117 Å². The summed E-state index contributed by atoms with van der Waals surface area (Å²) < 4.78 is 5.13. The normalized spacial score (nSPS) is 32.9. The second-order valence-electron chi connectivity index (χ2n) is 6.01. The van der Waals surface area contributed by atoms with Crippen molar-refractivity contribution in [3.8, 4) is 0 Å². The van der Waals surface area contributed by atoms with Crippen molar-refractivity contribution in [3.63, 3.8) is 0 Å². The Morgan fingerprint density at radius 3 is 2.80 bits per heavy atom. The Hall–Kier alpha value is -1.68. The molecule has 20 heavy (non-hydrogen) atoms. The molecule has 1 aliphatic carbocycles. The highest BCUT2D eigenvalue weighted by atomic mass is 16.6. The number of aliphatic hydroxyl groups is 1. The third-order valence-corrected chi connectivity index (χ3v) is 4.80. The molecule has 0 spiro atoms. The van der Waals surface area contributed by atoms with E-state index in [-0.39, 0.29) is 24.8 Å². The van der Waals surface area contributed by atoms with Gasteiger partial charge in [0.2, 0.25) is 0 Å². The summed E-state index contributed by atoms with van der Waals surface area (Å²) in [5.74, 6) is -0.359. The molecular formula is C16H18O4. The number of benzene rings is 1. The van der Waals surface area contributed by atoms with Crippen molar-refractivity contribution >= 4 is 11.8 Å². The van der Waals surface area contributed by atoms with Crippen LogP contribution < -0.4 is 0 Å². The van der Waals surface area contributed by atoms with Crippen molar-refractivity contribution in [1.29, 1.82) is 0 Å². The Morgan fingerprint density at radius 1 is 1.30 bits per heavy atom. The number of fused-ring (bicyclic) bond motifs is 1. The number of carbonyl (C=O) groups excluding carboxylic acids is 2. The molecule has 0 unspecified atom stereocenters. The van der Waals surface area contributed by atoms with Gasteiger partial charge in [-0.15, -0.1) is 0 Å². The highest BCUT2D eigenvalue weighted by Crippen LogP contribution is 2.50. The number of Topliss-reactive ketones (excluding diaryl/α,β-unsaturated/α-hetero) is 1. The molecule has 2 fully saturated rings. The summed E-state index contributed by atoms with van der Waals surface area (Å²) in [6.45, 7) is 1.92. The minimum absolute atomic E-state index is 0.00575. The van der Waals surface area contributed by atoms with E-state index in [0.717, 1.165) is 11.1 Å². The van der Waals surface area contributed by atoms with Crippen molar-refractivity contribution in [2.24, 2.45) is 5.41 Å². The van der Waals surface area contributed by atoms with Gasteiger partial charge in [0.05, 0.1) is 0 Å². The van der Waals surface area contributed by atoms with Crippen LogP contribution in [0.2, 0.25) is 0 Å². The molecule has 0 aromatic heterocycles. The predicted molar refractivity (Wildman–Crippen MR) is 72.1 cm³/mol. The zero-order chi connectivity index (χ0) is 14.4. The average Bonchev–Trinajstić information content (AvgIpc) is 2.65. The van der Waals surface area contributed by atoms with Gasteiger partial charge in [0, 0.05) is 12.8 Å². The van der Waals surface area contributed by atoms with Crippen molar-refractivity contribution in [3.05, 3.63) is 35.4 Å². The van der Waals surface area contributed by atoms with Crippen LogP contribution in [0.25, 0.3) is 0 Å². The summed E-state index contributed by atoms with van der Waals surface area (Å²) in [6.07, 6.45) is 1.16. The van der Waals surface area contributed by atoms with Crippen LogP contribution in [0.4, 0.5) is 0 Å². The molecule has 0 radical (unpaired) electrons. The van der Waals surface area contributed by atoms with E-state index in [1.807, 2.05) is 31.2 Å². The van der Waals surface area contributed by atoms with Crippen LogP contribution in [0.5, 0.6) is 0 Å². The standard InChI is InChI=1S/C16H18O4/c1-11-4-2-3-5-12(11)8-15-7-6-13(17)9-16(15,19)10-20-14(15)18/h2-5,19H,6-10H2,1H3/t15-,16+/m0/s1. The molecule has 2 aliphatic rings. The van der Waals surface area contributed by atoms with Crippen molar-refractivity contribution in [2.45, 2.75) is 38.2 Å². The summed E-state index contributed by atoms with van der Waals surface area (Å²) in [4.78, 5) is 23.9. The molecule has 1 aromatic rings. The van der Waals surface area contributed by atoms with E-state index in [4.69, 9.17) is 4.74 Å². The highest BCUT2D eigenvalue weighted by Gasteiger charge is 2.64. The van der Waals surface area contributed by atoms with Gasteiger partial charge >= 0.3 is 5.97 Å². The number of hydrogen-bond donors (Lipinski definition) is 1. The lowest BCUT2D eigenvalue weighted by Gasteiger charge is -2.41. The molecule has 4 nitrogen and oxygen atoms in total. The van der Waals surface area contributed by atoms with E-state index < -0.39 is 11.0 Å². The van der Waals surface area contributed by atoms with Crippen LogP contribution in [-0.2, 0) is 20.7 Å². The summed E-state index contributed by atoms with van der Waals surface area (Å²) in [5, 5.41) is 10.8. The highest BCUT2D eigenvalue weighted by molar-refractivity contribution is 5.89. The van der Waals surface area contributed by atoms with Crippen LogP contribution in [0.3, 0.4) is 0 Å². The lowest BCUT2D eigenvalue weighted by Crippen LogP contribution is -2.54. The molecule has 0 bridgehead atoms. The zero-order valence-corrected chi connectivity index (χ0v) is 11.5. The first kappa shape index (κ1) is 13.3. The number of rotatable bonds is 2. The monoisotopic (exact) mass is 274 g/mol. The maximum Gasteiger partial charge on any atom is 0.315 e. The van der Waals surface area contributed by atoms with E-state index in [2.05, 4.69) is 0 Å². The van der Waals surface area contributed by atoms with Crippen molar-refractivity contribution < 1.29 is 19.4 Å². The number of hydrogen-bond acceptors (Lipinski definition) is 4. The second kappa shape index (κ2) is 4.42. The molecule has 3 rings (SSSR count). The van der Waals surface area contributed by atoms with Gasteiger partial charge in [-0.05, 0) is 30.9 Å². The fourth-order valence-electron chi connectivity index (χ4n) is 3.43. The maximum atomic E-state index is 12.3. The smallest absolute Gasteiger partial charge is 0.315 e. The minimum atomic E-state index is -1.35. The summed E-state index contributed by atoms with van der Waals surface area (Å²) in [5.41, 5.74) is -0.200. The number of carbonyl (C=O) groups is 2. The van der Waals surface area contributed by atoms with Crippen LogP contribution in [-0.4, -0.2) is 29.1 Å². The van der Waals surface area contributed by atoms with Gasteiger partial charge in [0.1, 0.15) is 23.4 Å². The molecular weight excluding hydrogens is 256 g/mol. The number of ether oxygens (including phenoxy) is 1. The number of cyclic esters (lactones) is 1. The molecule has 1 N–H and O–H groups in total. The summed E-state index contributed by atoms with van der Waals surface area (Å²) in [7, 11) is 0. The fourth-order valence-corrected chi connectivity index (χ4v) is 3.43. The fraction of sp³-hybridized carbons (Fsp3) is 0.500. The molecule has 4 heteroatoms. The zero-order valence-electron chi connectivity index (χ0n) is 11.5. The van der Waals surface area contributed by atoms with Crippen LogP contribution >= 0.6 is 0 Å². The van der Waals surface area contributed by atoms with E-state index in [9.17, 15) is 14.7 Å². The molecule has 1 aromatic carbocycles. The number of ketones is 1. The third kappa shape index (κ3) is 1.79. The molecule has 2 atom stereocenters. The second-order valence-corrected chi connectivity index (χ2v) is 6.01. The molecule has 0 amide bonds. The predicted octanol–water partition coefficient (Wildman–Crippen LogP) is 1.56. The van der Waals surface area contributed by atoms with Crippen LogP contribution in [0, 0.1) is 12.3 Å². The summed E-state index contributed by atoms with van der Waals surface area (Å²) in [6, 6.07) is 7.82. The molecule has 1 saturated heterocycles. The van der Waals surface area contributed by atoms with Gasteiger partial charge in [-0.25, -0.2) is 0 Å². The minimum Gasteiger partial charge on any atom is -0.462 e. The van der Waals surface area contributed by atoms with Crippen molar-refractivity contribution in [2.75, 3.05) is 6.61 Å². The van der Waals surface area contributed by atoms with Gasteiger partial charge in [0.25, 0.3) is 0 Å². The number of aryl methyl sites for hydroxylation is 1. The Morgan fingerprint density at radius 2 is 2.05 bits per heavy atom. The van der Waals surface area contributed by atoms with Gasteiger partial charge in [-0.2, -0.15) is 0 Å². The third-order valence-electron chi connectivity index (χ3n) is 4.80. The van der Waals surface area contributed by atoms with Gasteiger partial charge in [0.15, 0.2) is 0 Å². The van der Waals surface area contributed by atoms with Gasteiger partial charge in [-0.1, -0.05) is 24.3 Å². The van der Waals surface area contributed by atoms with Gasteiger partial charge in [-0.3, -0.25) is 9.59 Å². The van der Waals surface area contributed by atoms with Crippen LogP contribution in [0.1, 0.15) is 30.4 Å². The average molecular weight is 274 g/mol. The lowest BCUT2D eigenvalue weighted by atomic mass is 9.61. The Kier molecular flexibility index (Phi) is 2.94. The first-order valence-electron chi connectivity index (χ1n) is 6.93. The Bertz CT molecular complexity index is 580. The quantitative estimate of drug-likeness (QED) is 0.831. The lowest BCUT2D eigenvalue weighted by molar-refractivity contribution is -0.154. The number of esters is 1. The Balaban J connectivity index is 2.01. The first-order chi connectivity index (χ1) is 9.47. The van der Waals surface area contributed by atoms with Gasteiger partial charge < -0.3 is 9.84 Å². The SMILES string of the molecule is Cc1ccccc1C[C@]12CCC(=O)C[C@@]1(O)COC2=O. The van der Waals surface area contributed by atoms with Crippen LogP contribution in [0.15, 0.2) is 24.3 Å². The molecule has 106 valence electrons. The van der Waals surface area contributed by atoms with E-state index >= 15 is 0 Å². The molecule has 1 aliphatic heterocycles. The van der Waals surface area contributed by atoms with E-state index in [1.165, 1.54) is 0 Å². The topological polar surface area (TPSA) is 63.6 Å². The largest absolute Gasteiger partial charge is 0.462 e. The van der Waals surface area contributed by atoms with E-state index in [1.54, 1.807) is 0 Å². The van der Waals surface area contributed by atoms with E-state index in [0.29, 0.717) is 19.3 Å².